The average Bonchev–Trinajstić information content (AvgIpc) is 3.86. The maximum atomic E-state index is 2.54. The van der Waals surface area contributed by atoms with Crippen molar-refractivity contribution in [2.24, 2.45) is 0 Å². The van der Waals surface area contributed by atoms with Crippen LogP contribution in [0, 0.1) is 0 Å². The Hall–Kier alpha value is -8.20. The number of nitrogens with zero attached hydrogens (tertiary/aromatic N) is 2. The third-order valence-corrected chi connectivity index (χ3v) is 12.5. The Morgan fingerprint density at radius 2 is 0.677 bits per heavy atom. The van der Waals surface area contributed by atoms with E-state index in [2.05, 4.69) is 252 Å². The zero-order valence-electron chi connectivity index (χ0n) is 34.0. The summed E-state index contributed by atoms with van der Waals surface area (Å²) in [7, 11) is 0. The Labute approximate surface area is 360 Å². The molecule has 2 nitrogen and oxygen atoms in total. The smallest absolute Gasteiger partial charge is 0.0625 e. The normalized spacial score (nSPS) is 11.5. The molecular weight excluding hydrogens is 749 g/mol. The minimum absolute atomic E-state index is 1.15. The van der Waals surface area contributed by atoms with Crippen LogP contribution in [0.15, 0.2) is 243 Å². The Balaban J connectivity index is 1.21. The lowest BCUT2D eigenvalue weighted by Crippen LogP contribution is -2.03. The fraction of sp³-hybridized carbons (Fsp3) is 0. The van der Waals surface area contributed by atoms with Gasteiger partial charge in [0.05, 0.1) is 27.8 Å². The van der Waals surface area contributed by atoms with Gasteiger partial charge in [0.1, 0.15) is 0 Å². The van der Waals surface area contributed by atoms with E-state index >= 15 is 0 Å². The lowest BCUT2D eigenvalue weighted by Gasteiger charge is -2.23. The van der Waals surface area contributed by atoms with Crippen molar-refractivity contribution in [1.82, 2.24) is 9.13 Å². The first-order valence-corrected chi connectivity index (χ1v) is 21.3. The Morgan fingerprint density at radius 1 is 0.226 bits per heavy atom. The van der Waals surface area contributed by atoms with Gasteiger partial charge < -0.3 is 9.13 Å². The molecule has 0 unspecified atom stereocenters. The largest absolute Gasteiger partial charge is 0.309 e. The third kappa shape index (κ3) is 5.88. The monoisotopic (exact) mass is 788 g/mol. The highest BCUT2D eigenvalue weighted by Crippen LogP contribution is 2.47. The van der Waals surface area contributed by atoms with Crippen molar-refractivity contribution in [1.29, 1.82) is 0 Å². The van der Waals surface area contributed by atoms with Crippen LogP contribution in [0.5, 0.6) is 0 Å². The second kappa shape index (κ2) is 14.8. The molecule has 290 valence electrons. The van der Waals surface area contributed by atoms with Gasteiger partial charge >= 0.3 is 0 Å². The second-order valence-corrected chi connectivity index (χ2v) is 16.1. The van der Waals surface area contributed by atoms with Crippen LogP contribution in [-0.2, 0) is 0 Å². The van der Waals surface area contributed by atoms with E-state index in [0.717, 1.165) is 33.5 Å². The minimum Gasteiger partial charge on any atom is -0.309 e. The van der Waals surface area contributed by atoms with Gasteiger partial charge in [-0.05, 0) is 93.0 Å². The molecule has 0 saturated heterocycles. The maximum absolute atomic E-state index is 2.54. The minimum atomic E-state index is 1.15. The van der Waals surface area contributed by atoms with Crippen molar-refractivity contribution in [2.75, 3.05) is 0 Å². The van der Waals surface area contributed by atoms with E-state index < -0.39 is 0 Å². The standard InChI is InChI=1S/C60H40N2/c1-6-18-41(19-7-1)45-31-36-56-53(38-45)54-39-46(42-20-8-2-9-21-42)32-37-57(54)62(56)60-50(43-22-10-3-11-23-43)35-34-49(59(60)44-24-12-4-13-25-44)47-30-33-52-51-28-16-17-29-55(51)61(58(52)40-47)48-26-14-5-15-27-48/h1-40H. The van der Waals surface area contributed by atoms with Gasteiger partial charge in [-0.15, -0.1) is 0 Å². The predicted molar refractivity (Wildman–Crippen MR) is 262 cm³/mol. The van der Waals surface area contributed by atoms with Crippen LogP contribution in [0.2, 0.25) is 0 Å². The van der Waals surface area contributed by atoms with E-state index in [-0.39, 0.29) is 0 Å². The Kier molecular flexibility index (Phi) is 8.53. The van der Waals surface area contributed by atoms with Crippen LogP contribution in [0.25, 0.3) is 111 Å². The fourth-order valence-corrected chi connectivity index (χ4v) is 9.69. The molecule has 0 aliphatic rings. The topological polar surface area (TPSA) is 9.86 Å². The van der Waals surface area contributed by atoms with Gasteiger partial charge in [0.2, 0.25) is 0 Å². The van der Waals surface area contributed by atoms with E-state index in [1.165, 1.54) is 77.1 Å². The summed E-state index contributed by atoms with van der Waals surface area (Å²) in [6.45, 7) is 0. The van der Waals surface area contributed by atoms with Crippen LogP contribution in [-0.4, -0.2) is 9.13 Å². The van der Waals surface area contributed by atoms with E-state index in [4.69, 9.17) is 0 Å². The van der Waals surface area contributed by atoms with Gasteiger partial charge in [0.15, 0.2) is 0 Å². The molecule has 12 rings (SSSR count). The summed E-state index contributed by atoms with van der Waals surface area (Å²) in [5.41, 5.74) is 18.8. The molecule has 0 spiro atoms. The summed E-state index contributed by atoms with van der Waals surface area (Å²) >= 11 is 0. The molecule has 0 aliphatic carbocycles. The van der Waals surface area contributed by atoms with Gasteiger partial charge in [0.25, 0.3) is 0 Å². The average molecular weight is 789 g/mol. The lowest BCUT2D eigenvalue weighted by atomic mass is 9.88. The molecule has 0 aliphatic heterocycles. The van der Waals surface area contributed by atoms with E-state index in [1.54, 1.807) is 0 Å². The van der Waals surface area contributed by atoms with Crippen LogP contribution in [0.3, 0.4) is 0 Å². The Bertz CT molecular complexity index is 3490. The van der Waals surface area contributed by atoms with Crippen molar-refractivity contribution in [3.63, 3.8) is 0 Å². The molecule has 0 saturated carbocycles. The number of benzene rings is 10. The lowest BCUT2D eigenvalue weighted by molar-refractivity contribution is 1.18. The Morgan fingerprint density at radius 3 is 1.27 bits per heavy atom. The highest BCUT2D eigenvalue weighted by Gasteiger charge is 2.24. The highest BCUT2D eigenvalue weighted by molar-refractivity contribution is 6.14. The number of fused-ring (bicyclic) bond motifs is 6. The molecule has 2 heterocycles. The van der Waals surface area contributed by atoms with Crippen LogP contribution >= 0.6 is 0 Å². The molecule has 0 atom stereocenters. The molecule has 0 radical (unpaired) electrons. The summed E-state index contributed by atoms with van der Waals surface area (Å²) in [6.07, 6.45) is 0. The number of hydrogen-bond donors (Lipinski definition) is 0. The molecule has 0 amide bonds. The summed E-state index contributed by atoms with van der Waals surface area (Å²) in [5, 5.41) is 4.92. The van der Waals surface area contributed by atoms with Gasteiger partial charge in [-0.1, -0.05) is 194 Å². The van der Waals surface area contributed by atoms with E-state index in [0.29, 0.717) is 0 Å². The molecule has 0 fully saturated rings. The number of aromatic nitrogens is 2. The van der Waals surface area contributed by atoms with Crippen molar-refractivity contribution in [2.45, 2.75) is 0 Å². The van der Waals surface area contributed by atoms with Gasteiger partial charge in [-0.25, -0.2) is 0 Å². The first kappa shape index (κ1) is 35.7. The summed E-state index contributed by atoms with van der Waals surface area (Å²) in [5.74, 6) is 0. The second-order valence-electron chi connectivity index (χ2n) is 16.1. The zero-order chi connectivity index (χ0) is 41.0. The molecule has 10 aromatic carbocycles. The van der Waals surface area contributed by atoms with Gasteiger partial charge in [0, 0.05) is 38.4 Å². The SMILES string of the molecule is c1ccc(-c2ccc3c(c2)c2cc(-c4ccccc4)ccc2n3-c2c(-c3ccccc3)ccc(-c3ccc4c5ccccc5n(-c5ccccc5)c4c3)c2-c2ccccc2)cc1. The van der Waals surface area contributed by atoms with Crippen LogP contribution in [0.1, 0.15) is 0 Å². The molecule has 2 heteroatoms. The third-order valence-electron chi connectivity index (χ3n) is 12.5. The number of rotatable bonds is 7. The summed E-state index contributed by atoms with van der Waals surface area (Å²) in [6, 6.07) is 88.6. The fourth-order valence-electron chi connectivity index (χ4n) is 9.69. The first-order valence-electron chi connectivity index (χ1n) is 21.3. The van der Waals surface area contributed by atoms with Crippen molar-refractivity contribution >= 4 is 43.6 Å². The molecule has 12 aromatic rings. The molecule has 0 bridgehead atoms. The number of hydrogen-bond acceptors (Lipinski definition) is 0. The first-order chi connectivity index (χ1) is 30.8. The van der Waals surface area contributed by atoms with E-state index in [1.807, 2.05) is 0 Å². The molecular formula is C60H40N2. The summed E-state index contributed by atoms with van der Waals surface area (Å²) in [4.78, 5) is 0. The zero-order valence-corrected chi connectivity index (χ0v) is 34.0. The van der Waals surface area contributed by atoms with Crippen LogP contribution < -0.4 is 0 Å². The maximum Gasteiger partial charge on any atom is 0.0625 e. The van der Waals surface area contributed by atoms with Gasteiger partial charge in [-0.3, -0.25) is 0 Å². The van der Waals surface area contributed by atoms with Crippen LogP contribution in [0.4, 0.5) is 0 Å². The molecule has 2 aromatic heterocycles. The molecule has 62 heavy (non-hydrogen) atoms. The number of para-hydroxylation sites is 2. The van der Waals surface area contributed by atoms with Crippen molar-refractivity contribution in [3.8, 4) is 67.0 Å². The van der Waals surface area contributed by atoms with Crippen molar-refractivity contribution < 1.29 is 0 Å². The highest BCUT2D eigenvalue weighted by atomic mass is 15.0. The van der Waals surface area contributed by atoms with E-state index in [9.17, 15) is 0 Å². The predicted octanol–water partition coefficient (Wildman–Crippen LogP) is 16.2. The quantitative estimate of drug-likeness (QED) is 0.152. The summed E-state index contributed by atoms with van der Waals surface area (Å²) < 4.78 is 4.96. The van der Waals surface area contributed by atoms with Crippen molar-refractivity contribution in [3.05, 3.63) is 243 Å². The van der Waals surface area contributed by atoms with Gasteiger partial charge in [-0.2, -0.15) is 0 Å². The molecule has 0 N–H and O–H groups in total.